The predicted octanol–water partition coefficient (Wildman–Crippen LogP) is 3.54. The lowest BCUT2D eigenvalue weighted by atomic mass is 10.1. The van der Waals surface area contributed by atoms with Crippen LogP contribution >= 0.6 is 23.8 Å². The Morgan fingerprint density at radius 3 is 2.89 bits per heavy atom. The van der Waals surface area contributed by atoms with Gasteiger partial charge in [-0.05, 0) is 30.7 Å². The van der Waals surface area contributed by atoms with Crippen LogP contribution in [-0.2, 0) is 0 Å². The fourth-order valence-corrected chi connectivity index (χ4v) is 2.19. The summed E-state index contributed by atoms with van der Waals surface area (Å²) in [5.74, 6) is 0. The second-order valence-electron chi connectivity index (χ2n) is 4.21. The summed E-state index contributed by atoms with van der Waals surface area (Å²) in [5, 5.41) is 4.06. The maximum Gasteiger partial charge on any atom is 0.106 e. The van der Waals surface area contributed by atoms with E-state index >= 15 is 0 Å². The molecule has 3 nitrogen and oxygen atoms in total. The third kappa shape index (κ3) is 3.43. The molecule has 1 aromatic carbocycles. The van der Waals surface area contributed by atoms with Crippen LogP contribution in [0.15, 0.2) is 42.7 Å². The van der Waals surface area contributed by atoms with Crippen molar-refractivity contribution in [3.8, 4) is 0 Å². The van der Waals surface area contributed by atoms with E-state index < -0.39 is 0 Å². The van der Waals surface area contributed by atoms with Gasteiger partial charge in [-0.25, -0.2) is 0 Å². The van der Waals surface area contributed by atoms with Crippen LogP contribution in [0.2, 0.25) is 5.02 Å². The number of halogens is 1. The van der Waals surface area contributed by atoms with Crippen molar-refractivity contribution in [3.63, 3.8) is 0 Å². The van der Waals surface area contributed by atoms with E-state index in [1.54, 1.807) is 18.5 Å². The van der Waals surface area contributed by atoms with Crippen molar-refractivity contribution in [1.29, 1.82) is 0 Å². The Morgan fingerprint density at radius 2 is 2.21 bits per heavy atom. The lowest BCUT2D eigenvalue weighted by Crippen LogP contribution is -2.15. The summed E-state index contributed by atoms with van der Waals surface area (Å²) in [5.41, 5.74) is 8.40. The summed E-state index contributed by atoms with van der Waals surface area (Å²) in [7, 11) is 0. The molecule has 3 N–H and O–H groups in total. The third-order valence-electron chi connectivity index (χ3n) is 2.81. The maximum atomic E-state index is 5.99. The van der Waals surface area contributed by atoms with Crippen LogP contribution in [0, 0.1) is 0 Å². The number of aromatic nitrogens is 1. The Balaban J connectivity index is 2.24. The highest BCUT2D eigenvalue weighted by Crippen LogP contribution is 2.23. The SMILES string of the molecule is CC(Nc1cnccc1C(N)=S)c1cccc(Cl)c1. The van der Waals surface area contributed by atoms with Gasteiger partial charge in [0, 0.05) is 22.8 Å². The minimum Gasteiger partial charge on any atom is -0.389 e. The average Bonchev–Trinajstić information content (AvgIpc) is 2.39. The van der Waals surface area contributed by atoms with E-state index in [0.29, 0.717) is 10.0 Å². The van der Waals surface area contributed by atoms with E-state index in [2.05, 4.69) is 10.3 Å². The first-order valence-corrected chi connectivity index (χ1v) is 6.62. The topological polar surface area (TPSA) is 50.9 Å². The van der Waals surface area contributed by atoms with Gasteiger partial charge in [0.05, 0.1) is 11.9 Å². The molecule has 0 fully saturated rings. The van der Waals surface area contributed by atoms with Gasteiger partial charge in [-0.15, -0.1) is 0 Å². The first-order valence-electron chi connectivity index (χ1n) is 5.83. The minimum atomic E-state index is 0.0796. The van der Waals surface area contributed by atoms with Crippen LogP contribution in [0.3, 0.4) is 0 Å². The molecule has 5 heteroatoms. The first-order chi connectivity index (χ1) is 9.08. The summed E-state index contributed by atoms with van der Waals surface area (Å²) < 4.78 is 0. The number of rotatable bonds is 4. The number of hydrogen-bond donors (Lipinski definition) is 2. The molecule has 0 aliphatic carbocycles. The fraction of sp³-hybridized carbons (Fsp3) is 0.143. The Hall–Kier alpha value is -1.65. The van der Waals surface area contributed by atoms with Gasteiger partial charge in [0.2, 0.25) is 0 Å². The first kappa shape index (κ1) is 13.8. The molecule has 0 aliphatic heterocycles. The predicted molar refractivity (Wildman–Crippen MR) is 83.6 cm³/mol. The zero-order valence-electron chi connectivity index (χ0n) is 10.4. The molecule has 0 aliphatic rings. The molecule has 1 atom stereocenters. The lowest BCUT2D eigenvalue weighted by Gasteiger charge is -2.17. The Kier molecular flexibility index (Phi) is 4.35. The van der Waals surface area contributed by atoms with Gasteiger partial charge in [0.25, 0.3) is 0 Å². The molecule has 1 heterocycles. The number of anilines is 1. The smallest absolute Gasteiger partial charge is 0.106 e. The van der Waals surface area contributed by atoms with Crippen molar-refractivity contribution >= 4 is 34.5 Å². The molecule has 0 saturated heterocycles. The monoisotopic (exact) mass is 291 g/mol. The molecular weight excluding hydrogens is 278 g/mol. The maximum absolute atomic E-state index is 5.99. The van der Waals surface area contributed by atoms with E-state index in [1.165, 1.54) is 0 Å². The molecule has 1 unspecified atom stereocenters. The molecule has 0 spiro atoms. The molecule has 19 heavy (non-hydrogen) atoms. The van der Waals surface area contributed by atoms with E-state index in [4.69, 9.17) is 29.6 Å². The highest BCUT2D eigenvalue weighted by atomic mass is 35.5. The Bertz CT molecular complexity index is 601. The summed E-state index contributed by atoms with van der Waals surface area (Å²) in [4.78, 5) is 4.44. The quantitative estimate of drug-likeness (QED) is 0.846. The molecule has 0 bridgehead atoms. The summed E-state index contributed by atoms with van der Waals surface area (Å²) in [6, 6.07) is 9.60. The molecule has 0 amide bonds. The fourth-order valence-electron chi connectivity index (χ4n) is 1.82. The highest BCUT2D eigenvalue weighted by Gasteiger charge is 2.10. The van der Waals surface area contributed by atoms with Crippen LogP contribution < -0.4 is 11.1 Å². The van der Waals surface area contributed by atoms with Gasteiger partial charge >= 0.3 is 0 Å². The zero-order chi connectivity index (χ0) is 13.8. The number of nitrogens with zero attached hydrogens (tertiary/aromatic N) is 1. The number of thiocarbonyl (C=S) groups is 1. The van der Waals surface area contributed by atoms with Gasteiger partial charge in [-0.1, -0.05) is 36.0 Å². The van der Waals surface area contributed by atoms with E-state index in [0.717, 1.165) is 16.8 Å². The van der Waals surface area contributed by atoms with Crippen molar-refractivity contribution in [3.05, 3.63) is 58.9 Å². The molecular formula is C14H14ClN3S. The standard InChI is InChI=1S/C14H14ClN3S/c1-9(10-3-2-4-11(15)7-10)18-13-8-17-6-5-12(13)14(16)19/h2-9,18H,1H3,(H2,16,19). The molecule has 98 valence electrons. The van der Waals surface area contributed by atoms with E-state index in [1.807, 2.05) is 31.2 Å². The van der Waals surface area contributed by atoms with Crippen molar-refractivity contribution in [2.24, 2.45) is 5.73 Å². The van der Waals surface area contributed by atoms with Gasteiger partial charge in [0.15, 0.2) is 0 Å². The number of hydrogen-bond acceptors (Lipinski definition) is 3. The third-order valence-corrected chi connectivity index (χ3v) is 3.26. The molecule has 2 aromatic rings. The van der Waals surface area contributed by atoms with Crippen LogP contribution in [0.1, 0.15) is 24.1 Å². The number of nitrogens with two attached hydrogens (primary N) is 1. The second kappa shape index (κ2) is 5.99. The molecule has 0 radical (unpaired) electrons. The molecule has 0 saturated carbocycles. The summed E-state index contributed by atoms with van der Waals surface area (Å²) >= 11 is 11.0. The van der Waals surface area contributed by atoms with Crippen molar-refractivity contribution in [2.45, 2.75) is 13.0 Å². The van der Waals surface area contributed by atoms with E-state index in [-0.39, 0.29) is 6.04 Å². The van der Waals surface area contributed by atoms with Gasteiger partial charge in [-0.2, -0.15) is 0 Å². The van der Waals surface area contributed by atoms with Gasteiger partial charge in [0.1, 0.15) is 4.99 Å². The molecule has 1 aromatic heterocycles. The summed E-state index contributed by atoms with van der Waals surface area (Å²) in [6.07, 6.45) is 3.39. The van der Waals surface area contributed by atoms with Crippen LogP contribution in [0.5, 0.6) is 0 Å². The number of pyridine rings is 1. The largest absolute Gasteiger partial charge is 0.389 e. The summed E-state index contributed by atoms with van der Waals surface area (Å²) in [6.45, 7) is 2.04. The highest BCUT2D eigenvalue weighted by molar-refractivity contribution is 7.80. The van der Waals surface area contributed by atoms with Crippen molar-refractivity contribution in [1.82, 2.24) is 4.98 Å². The van der Waals surface area contributed by atoms with Gasteiger partial charge in [-0.3, -0.25) is 4.98 Å². The Morgan fingerprint density at radius 1 is 1.42 bits per heavy atom. The normalized spacial score (nSPS) is 11.9. The van der Waals surface area contributed by atoms with Crippen molar-refractivity contribution < 1.29 is 0 Å². The number of benzene rings is 1. The lowest BCUT2D eigenvalue weighted by molar-refractivity contribution is 0.882. The second-order valence-corrected chi connectivity index (χ2v) is 5.08. The van der Waals surface area contributed by atoms with E-state index in [9.17, 15) is 0 Å². The average molecular weight is 292 g/mol. The van der Waals surface area contributed by atoms with Crippen LogP contribution in [-0.4, -0.2) is 9.97 Å². The Labute approximate surface area is 122 Å². The minimum absolute atomic E-state index is 0.0796. The zero-order valence-corrected chi connectivity index (χ0v) is 12.0. The van der Waals surface area contributed by atoms with Gasteiger partial charge < -0.3 is 11.1 Å². The van der Waals surface area contributed by atoms with Crippen molar-refractivity contribution in [2.75, 3.05) is 5.32 Å². The number of nitrogens with one attached hydrogen (secondary N) is 1. The molecule has 2 rings (SSSR count). The van der Waals surface area contributed by atoms with Crippen LogP contribution in [0.25, 0.3) is 0 Å². The van der Waals surface area contributed by atoms with Crippen LogP contribution in [0.4, 0.5) is 5.69 Å².